The van der Waals surface area contributed by atoms with Gasteiger partial charge in [-0.05, 0) is 42.5 Å². The number of halogens is 1. The van der Waals surface area contributed by atoms with Gasteiger partial charge in [0.05, 0.1) is 11.9 Å². The molecule has 0 atom stereocenters. The number of aromatic nitrogens is 3. The Kier molecular flexibility index (Phi) is 6.10. The largest absolute Gasteiger partial charge is 0.367 e. The molecule has 0 unspecified atom stereocenters. The zero-order chi connectivity index (χ0) is 18.2. The van der Waals surface area contributed by atoms with Crippen molar-refractivity contribution in [1.29, 1.82) is 0 Å². The first kappa shape index (κ1) is 17.8. The molecular formula is C18H17BrN6O. The van der Waals surface area contributed by atoms with E-state index >= 15 is 0 Å². The average Bonchev–Trinajstić information content (AvgIpc) is 2.67. The van der Waals surface area contributed by atoms with Gasteiger partial charge in [0.25, 0.3) is 5.91 Å². The van der Waals surface area contributed by atoms with E-state index in [9.17, 15) is 4.79 Å². The second kappa shape index (κ2) is 8.91. The molecule has 1 amide bonds. The van der Waals surface area contributed by atoms with E-state index in [1.165, 1.54) is 0 Å². The zero-order valence-corrected chi connectivity index (χ0v) is 15.4. The molecule has 0 aliphatic heterocycles. The standard InChI is InChI=1S/C18H17BrN6O/c19-14-4-1-3-13(11-14)18(26)22-10-9-21-16-6-7-17(25-24-16)23-15-5-2-8-20-12-15/h1-8,11-12H,9-10H2,(H,21,24)(H,22,26)(H,23,25). The zero-order valence-electron chi connectivity index (χ0n) is 13.8. The highest BCUT2D eigenvalue weighted by Gasteiger charge is 2.05. The fourth-order valence-corrected chi connectivity index (χ4v) is 2.58. The van der Waals surface area contributed by atoms with E-state index in [1.807, 2.05) is 36.4 Å². The van der Waals surface area contributed by atoms with Gasteiger partial charge in [-0.2, -0.15) is 0 Å². The number of amides is 1. The smallest absolute Gasteiger partial charge is 0.251 e. The first-order chi connectivity index (χ1) is 12.7. The van der Waals surface area contributed by atoms with Crippen LogP contribution in [0.15, 0.2) is 65.4 Å². The molecule has 0 aliphatic rings. The second-order valence-electron chi connectivity index (χ2n) is 5.36. The summed E-state index contributed by atoms with van der Waals surface area (Å²) in [6.07, 6.45) is 3.42. The monoisotopic (exact) mass is 412 g/mol. The maximum Gasteiger partial charge on any atom is 0.251 e. The number of hydrogen-bond acceptors (Lipinski definition) is 6. The van der Waals surface area contributed by atoms with Crippen molar-refractivity contribution in [3.8, 4) is 0 Å². The summed E-state index contributed by atoms with van der Waals surface area (Å²) in [5.41, 5.74) is 1.46. The van der Waals surface area contributed by atoms with Crippen LogP contribution in [-0.2, 0) is 0 Å². The Morgan fingerprint density at radius 3 is 2.58 bits per heavy atom. The van der Waals surface area contributed by atoms with Crippen molar-refractivity contribution >= 4 is 39.2 Å². The van der Waals surface area contributed by atoms with Gasteiger partial charge in [0, 0.05) is 29.3 Å². The number of rotatable bonds is 7. The van der Waals surface area contributed by atoms with E-state index in [2.05, 4.69) is 47.1 Å². The van der Waals surface area contributed by atoms with Crippen LogP contribution in [0, 0.1) is 0 Å². The Hall–Kier alpha value is -3.00. The molecule has 0 saturated carbocycles. The molecule has 2 aromatic heterocycles. The molecule has 0 fully saturated rings. The van der Waals surface area contributed by atoms with Crippen LogP contribution in [0.2, 0.25) is 0 Å². The molecule has 0 saturated heterocycles. The molecule has 1 aromatic carbocycles. The number of pyridine rings is 1. The average molecular weight is 413 g/mol. The molecule has 0 radical (unpaired) electrons. The molecule has 7 nitrogen and oxygen atoms in total. The summed E-state index contributed by atoms with van der Waals surface area (Å²) in [5, 5.41) is 17.3. The number of anilines is 3. The fourth-order valence-electron chi connectivity index (χ4n) is 2.18. The van der Waals surface area contributed by atoms with Gasteiger partial charge in [0.1, 0.15) is 5.82 Å². The van der Waals surface area contributed by atoms with E-state index in [0.717, 1.165) is 10.2 Å². The summed E-state index contributed by atoms with van der Waals surface area (Å²) < 4.78 is 0.874. The molecule has 0 aliphatic carbocycles. The Morgan fingerprint density at radius 2 is 1.85 bits per heavy atom. The lowest BCUT2D eigenvalue weighted by Crippen LogP contribution is -2.28. The van der Waals surface area contributed by atoms with Crippen molar-refractivity contribution in [2.45, 2.75) is 0 Å². The maximum atomic E-state index is 12.0. The lowest BCUT2D eigenvalue weighted by atomic mass is 10.2. The van der Waals surface area contributed by atoms with Gasteiger partial charge < -0.3 is 16.0 Å². The number of carbonyl (C=O) groups excluding carboxylic acids is 1. The Labute approximate surface area is 159 Å². The third-order valence-corrected chi connectivity index (χ3v) is 3.90. The summed E-state index contributed by atoms with van der Waals surface area (Å²) in [4.78, 5) is 16.1. The van der Waals surface area contributed by atoms with E-state index in [1.54, 1.807) is 24.5 Å². The van der Waals surface area contributed by atoms with E-state index in [0.29, 0.717) is 30.3 Å². The third kappa shape index (κ3) is 5.25. The van der Waals surface area contributed by atoms with Crippen molar-refractivity contribution in [3.63, 3.8) is 0 Å². The van der Waals surface area contributed by atoms with Crippen LogP contribution >= 0.6 is 15.9 Å². The van der Waals surface area contributed by atoms with Crippen LogP contribution in [0.5, 0.6) is 0 Å². The van der Waals surface area contributed by atoms with E-state index in [4.69, 9.17) is 0 Å². The normalized spacial score (nSPS) is 10.2. The first-order valence-electron chi connectivity index (χ1n) is 7.99. The summed E-state index contributed by atoms with van der Waals surface area (Å²) in [7, 11) is 0. The molecule has 2 heterocycles. The first-order valence-corrected chi connectivity index (χ1v) is 8.78. The molecule has 132 valence electrons. The molecule has 8 heteroatoms. The number of nitrogens with zero attached hydrogens (tertiary/aromatic N) is 3. The van der Waals surface area contributed by atoms with Crippen molar-refractivity contribution in [3.05, 3.63) is 71.0 Å². The van der Waals surface area contributed by atoms with Gasteiger partial charge in [-0.1, -0.05) is 22.0 Å². The minimum absolute atomic E-state index is 0.116. The van der Waals surface area contributed by atoms with Crippen molar-refractivity contribution < 1.29 is 4.79 Å². The molecule has 3 rings (SSSR count). The highest BCUT2D eigenvalue weighted by atomic mass is 79.9. The topological polar surface area (TPSA) is 91.8 Å². The van der Waals surface area contributed by atoms with Gasteiger partial charge in [0.2, 0.25) is 0 Å². The Balaban J connectivity index is 1.43. The fraction of sp³-hybridized carbons (Fsp3) is 0.111. The molecule has 3 aromatic rings. The predicted octanol–water partition coefficient (Wildman–Crippen LogP) is 3.22. The van der Waals surface area contributed by atoms with E-state index in [-0.39, 0.29) is 5.91 Å². The quantitative estimate of drug-likeness (QED) is 0.516. The number of carbonyl (C=O) groups is 1. The predicted molar refractivity (Wildman–Crippen MR) is 105 cm³/mol. The van der Waals surface area contributed by atoms with Crippen molar-refractivity contribution in [2.24, 2.45) is 0 Å². The number of nitrogens with one attached hydrogen (secondary N) is 3. The SMILES string of the molecule is O=C(NCCNc1ccc(Nc2cccnc2)nn1)c1cccc(Br)c1. The van der Waals surface area contributed by atoms with Gasteiger partial charge in [-0.25, -0.2) is 0 Å². The van der Waals surface area contributed by atoms with Crippen LogP contribution in [0.4, 0.5) is 17.3 Å². The van der Waals surface area contributed by atoms with Crippen LogP contribution in [0.25, 0.3) is 0 Å². The van der Waals surface area contributed by atoms with Crippen LogP contribution in [-0.4, -0.2) is 34.2 Å². The second-order valence-corrected chi connectivity index (χ2v) is 6.28. The minimum Gasteiger partial charge on any atom is -0.367 e. The van der Waals surface area contributed by atoms with Gasteiger partial charge >= 0.3 is 0 Å². The number of benzene rings is 1. The summed E-state index contributed by atoms with van der Waals surface area (Å²) in [6, 6.07) is 14.6. The van der Waals surface area contributed by atoms with Gasteiger partial charge in [0.15, 0.2) is 5.82 Å². The van der Waals surface area contributed by atoms with Crippen molar-refractivity contribution in [1.82, 2.24) is 20.5 Å². The molecule has 26 heavy (non-hydrogen) atoms. The van der Waals surface area contributed by atoms with E-state index < -0.39 is 0 Å². The van der Waals surface area contributed by atoms with Crippen LogP contribution in [0.3, 0.4) is 0 Å². The summed E-state index contributed by atoms with van der Waals surface area (Å²) >= 11 is 3.35. The summed E-state index contributed by atoms with van der Waals surface area (Å²) in [5.74, 6) is 1.15. The number of hydrogen-bond donors (Lipinski definition) is 3. The molecule has 0 bridgehead atoms. The highest BCUT2D eigenvalue weighted by molar-refractivity contribution is 9.10. The Bertz CT molecular complexity index is 857. The highest BCUT2D eigenvalue weighted by Crippen LogP contribution is 2.13. The molecule has 0 spiro atoms. The Morgan fingerprint density at radius 1 is 1.00 bits per heavy atom. The van der Waals surface area contributed by atoms with Gasteiger partial charge in [-0.3, -0.25) is 9.78 Å². The molecular weight excluding hydrogens is 396 g/mol. The lowest BCUT2D eigenvalue weighted by molar-refractivity contribution is 0.0955. The molecule has 3 N–H and O–H groups in total. The van der Waals surface area contributed by atoms with Gasteiger partial charge in [-0.15, -0.1) is 10.2 Å². The third-order valence-electron chi connectivity index (χ3n) is 3.40. The maximum absolute atomic E-state index is 12.0. The minimum atomic E-state index is -0.116. The van der Waals surface area contributed by atoms with Crippen LogP contribution in [0.1, 0.15) is 10.4 Å². The van der Waals surface area contributed by atoms with Crippen molar-refractivity contribution in [2.75, 3.05) is 23.7 Å². The lowest BCUT2D eigenvalue weighted by Gasteiger charge is -2.08. The van der Waals surface area contributed by atoms with Crippen LogP contribution < -0.4 is 16.0 Å². The summed E-state index contributed by atoms with van der Waals surface area (Å²) in [6.45, 7) is 1.02.